The van der Waals surface area contributed by atoms with Gasteiger partial charge in [-0.05, 0) is 125 Å². The fourth-order valence-corrected chi connectivity index (χ4v) is 11.1. The minimum atomic E-state index is -1.17. The molecule has 0 aromatic heterocycles. The highest BCUT2D eigenvalue weighted by Gasteiger charge is 2.64. The first-order valence-corrected chi connectivity index (χ1v) is 18.1. The van der Waals surface area contributed by atoms with Gasteiger partial charge in [0.25, 0.3) is 0 Å². The van der Waals surface area contributed by atoms with Crippen LogP contribution in [0.5, 0.6) is 0 Å². The number of ether oxygens (including phenoxy) is 5. The van der Waals surface area contributed by atoms with Crippen LogP contribution in [0.4, 0.5) is 0 Å². The Morgan fingerprint density at radius 1 is 0.848 bits per heavy atom. The zero-order valence-corrected chi connectivity index (χ0v) is 28.0. The van der Waals surface area contributed by atoms with Crippen LogP contribution in [-0.4, -0.2) is 93.9 Å². The molecule has 3 aliphatic heterocycles. The van der Waals surface area contributed by atoms with Gasteiger partial charge < -0.3 is 44.1 Å². The summed E-state index contributed by atoms with van der Waals surface area (Å²) in [6.45, 7) is 8.71. The molecule has 7 rings (SSSR count). The lowest BCUT2D eigenvalue weighted by Gasteiger charge is -2.66. The number of carbonyl (C=O) groups excluding carboxylic acids is 1. The van der Waals surface area contributed by atoms with Crippen LogP contribution in [0, 0.1) is 34.5 Å². The number of carbonyl (C=O) groups is 1. The van der Waals surface area contributed by atoms with Crippen LogP contribution in [-0.2, 0) is 28.5 Å². The predicted molar refractivity (Wildman–Crippen MR) is 166 cm³/mol. The Morgan fingerprint density at radius 3 is 2.39 bits per heavy atom. The molecule has 0 aromatic carbocycles. The van der Waals surface area contributed by atoms with Crippen molar-refractivity contribution in [3.05, 3.63) is 11.6 Å². The summed E-state index contributed by atoms with van der Waals surface area (Å²) in [4.78, 5) is 11.8. The van der Waals surface area contributed by atoms with Gasteiger partial charge in [-0.3, -0.25) is 0 Å². The Hall–Kier alpha value is -1.11. The molecule has 0 aromatic rings. The van der Waals surface area contributed by atoms with E-state index in [1.807, 2.05) is 0 Å². The van der Waals surface area contributed by atoms with Crippen LogP contribution in [0.15, 0.2) is 11.6 Å². The molecule has 10 nitrogen and oxygen atoms in total. The number of hydrogen-bond acceptors (Lipinski definition) is 10. The monoisotopic (exact) mass is 648 g/mol. The van der Waals surface area contributed by atoms with Gasteiger partial charge in [-0.15, -0.1) is 0 Å². The van der Waals surface area contributed by atoms with E-state index < -0.39 is 48.7 Å². The molecule has 16 atom stereocenters. The fraction of sp³-hybridized carbons (Fsp3) is 0.917. The molecular formula is C36H56O10. The van der Waals surface area contributed by atoms with Gasteiger partial charge in [0, 0.05) is 12.5 Å². The minimum absolute atomic E-state index is 0.0736. The fourth-order valence-electron chi connectivity index (χ4n) is 11.1. The van der Waals surface area contributed by atoms with Crippen LogP contribution in [0.25, 0.3) is 0 Å². The Bertz CT molecular complexity index is 1180. The molecule has 4 saturated carbocycles. The van der Waals surface area contributed by atoms with Crippen molar-refractivity contribution in [3.63, 3.8) is 0 Å². The maximum atomic E-state index is 12.5. The zero-order chi connectivity index (χ0) is 32.6. The molecule has 6 fully saturated rings. The minimum Gasteiger partial charge on any atom is -0.458 e. The topological polar surface area (TPSA) is 144 Å². The second kappa shape index (κ2) is 12.3. The molecule has 0 bridgehead atoms. The van der Waals surface area contributed by atoms with Gasteiger partial charge in [0.1, 0.15) is 24.9 Å². The standard InChI is InChI=1S/C36H56O10/c1-19-27(37)7-8-29(43-19)46-32-30(39)20(2)44-33(31(32)40)45-24-10-13-35(4)23(16-24)5-6-26-25(35)11-12-34(3)17-21(9-14-36(26,34)41)22-15-28(38)42-18-22/h15,19-21,23-27,29-33,37,39-41H,5-14,16-18H2,1-4H3. The highest BCUT2D eigenvalue weighted by molar-refractivity contribution is 5.85. The number of aliphatic hydroxyl groups excluding tert-OH is 3. The second-order valence-corrected chi connectivity index (χ2v) is 16.5. The molecular weight excluding hydrogens is 592 g/mol. The van der Waals surface area contributed by atoms with E-state index in [1.54, 1.807) is 19.9 Å². The van der Waals surface area contributed by atoms with Crippen LogP contribution in [0.2, 0.25) is 0 Å². The Kier molecular flexibility index (Phi) is 8.96. The quantitative estimate of drug-likeness (QED) is 0.257. The molecule has 0 radical (unpaired) electrons. The van der Waals surface area contributed by atoms with E-state index in [0.717, 1.165) is 69.8 Å². The largest absolute Gasteiger partial charge is 0.458 e. The van der Waals surface area contributed by atoms with E-state index in [-0.39, 0.29) is 34.9 Å². The average molecular weight is 649 g/mol. The number of esters is 1. The molecule has 46 heavy (non-hydrogen) atoms. The Labute approximate surface area is 273 Å². The van der Waals surface area contributed by atoms with E-state index in [4.69, 9.17) is 23.7 Å². The molecule has 4 aliphatic carbocycles. The van der Waals surface area contributed by atoms with Gasteiger partial charge in [0.15, 0.2) is 12.6 Å². The van der Waals surface area contributed by atoms with Crippen molar-refractivity contribution in [1.29, 1.82) is 0 Å². The first kappa shape index (κ1) is 33.4. The molecule has 0 amide bonds. The summed E-state index contributed by atoms with van der Waals surface area (Å²) in [5.41, 5.74) is 0.366. The number of aliphatic hydroxyl groups is 4. The summed E-state index contributed by atoms with van der Waals surface area (Å²) >= 11 is 0. The number of cyclic esters (lactones) is 1. The van der Waals surface area contributed by atoms with Crippen molar-refractivity contribution in [2.75, 3.05) is 6.61 Å². The van der Waals surface area contributed by atoms with Crippen LogP contribution in [0.3, 0.4) is 0 Å². The Balaban J connectivity index is 0.991. The van der Waals surface area contributed by atoms with Gasteiger partial charge in [0.05, 0.1) is 30.0 Å². The van der Waals surface area contributed by atoms with Gasteiger partial charge in [-0.2, -0.15) is 0 Å². The van der Waals surface area contributed by atoms with Crippen molar-refractivity contribution in [3.8, 4) is 0 Å². The van der Waals surface area contributed by atoms with E-state index in [9.17, 15) is 25.2 Å². The van der Waals surface area contributed by atoms with Crippen LogP contribution in [0.1, 0.15) is 105 Å². The normalized spacial score (nSPS) is 54.2. The zero-order valence-electron chi connectivity index (χ0n) is 28.0. The average Bonchev–Trinajstić information content (AvgIpc) is 3.46. The van der Waals surface area contributed by atoms with Gasteiger partial charge in [0.2, 0.25) is 0 Å². The smallest absolute Gasteiger partial charge is 0.331 e. The lowest BCUT2D eigenvalue weighted by molar-refractivity contribution is -0.341. The van der Waals surface area contributed by atoms with E-state index in [1.165, 1.54) is 0 Å². The summed E-state index contributed by atoms with van der Waals surface area (Å²) in [6.07, 6.45) is 5.96. The first-order chi connectivity index (χ1) is 21.8. The summed E-state index contributed by atoms with van der Waals surface area (Å²) in [5, 5.41) is 44.7. The number of rotatable bonds is 5. The molecule has 4 N–H and O–H groups in total. The predicted octanol–water partition coefficient (Wildman–Crippen LogP) is 3.76. The van der Waals surface area contributed by atoms with Crippen molar-refractivity contribution in [1.82, 2.24) is 0 Å². The molecule has 260 valence electrons. The molecule has 0 spiro atoms. The van der Waals surface area contributed by atoms with Crippen molar-refractivity contribution in [2.24, 2.45) is 34.5 Å². The first-order valence-electron chi connectivity index (χ1n) is 18.1. The van der Waals surface area contributed by atoms with Crippen LogP contribution >= 0.6 is 0 Å². The summed E-state index contributed by atoms with van der Waals surface area (Å²) < 4.78 is 29.6. The highest BCUT2D eigenvalue weighted by atomic mass is 16.7. The summed E-state index contributed by atoms with van der Waals surface area (Å²) in [7, 11) is 0. The number of hydrogen-bond donors (Lipinski definition) is 4. The molecule has 2 saturated heterocycles. The maximum absolute atomic E-state index is 12.5. The Morgan fingerprint density at radius 2 is 1.65 bits per heavy atom. The van der Waals surface area contributed by atoms with Crippen molar-refractivity contribution in [2.45, 2.75) is 166 Å². The SMILES string of the molecule is CC1OC(OC2C(O)C(C)OC(OC3CCC4(C)C(CCC5C4CCC4(C)CC(C6=CC(=O)OC6)CCC54O)C3)C2O)CCC1O. The maximum Gasteiger partial charge on any atom is 0.331 e. The van der Waals surface area contributed by atoms with Crippen molar-refractivity contribution >= 4 is 5.97 Å². The van der Waals surface area contributed by atoms with Crippen LogP contribution < -0.4 is 0 Å². The van der Waals surface area contributed by atoms with Gasteiger partial charge in [-0.25, -0.2) is 4.79 Å². The lowest BCUT2D eigenvalue weighted by atomic mass is 9.41. The van der Waals surface area contributed by atoms with E-state index in [0.29, 0.717) is 37.2 Å². The third-order valence-corrected chi connectivity index (χ3v) is 14.1. The van der Waals surface area contributed by atoms with E-state index >= 15 is 0 Å². The molecule has 3 heterocycles. The molecule has 16 unspecified atom stereocenters. The third kappa shape index (κ3) is 5.60. The number of fused-ring (bicyclic) bond motifs is 5. The van der Waals surface area contributed by atoms with Gasteiger partial charge >= 0.3 is 5.97 Å². The summed E-state index contributed by atoms with van der Waals surface area (Å²) in [6, 6.07) is 0. The summed E-state index contributed by atoms with van der Waals surface area (Å²) in [5.74, 6) is 1.27. The molecule has 10 heteroatoms. The van der Waals surface area contributed by atoms with E-state index in [2.05, 4.69) is 13.8 Å². The lowest BCUT2D eigenvalue weighted by Crippen LogP contribution is -2.65. The van der Waals surface area contributed by atoms with Crippen molar-refractivity contribution < 1.29 is 48.9 Å². The molecule has 7 aliphatic rings. The van der Waals surface area contributed by atoms with Gasteiger partial charge in [-0.1, -0.05) is 13.8 Å². The highest BCUT2D eigenvalue weighted by Crippen LogP contribution is 2.67. The second-order valence-electron chi connectivity index (χ2n) is 16.5. The third-order valence-electron chi connectivity index (χ3n) is 14.1.